The molecule has 0 aliphatic heterocycles. The number of carboxylic acid groups (broad SMARTS) is 1. The molecule has 0 fully saturated rings. The number of ether oxygens (including phenoxy) is 1. The van der Waals surface area contributed by atoms with Crippen LogP contribution in [0.2, 0.25) is 0 Å². The highest BCUT2D eigenvalue weighted by molar-refractivity contribution is 6.00. The molecular weight excluding hydrogens is 412 g/mol. The van der Waals surface area contributed by atoms with Gasteiger partial charge in [-0.3, -0.25) is 4.79 Å². The van der Waals surface area contributed by atoms with Crippen LogP contribution in [0.1, 0.15) is 58.9 Å². The van der Waals surface area contributed by atoms with Crippen LogP contribution in [0.3, 0.4) is 0 Å². The van der Waals surface area contributed by atoms with Gasteiger partial charge in [0.05, 0.1) is 6.61 Å². The third kappa shape index (κ3) is 5.11. The number of ketones is 1. The first-order valence-electron chi connectivity index (χ1n) is 10.5. The molecule has 7 nitrogen and oxygen atoms in total. The number of aromatic carboxylic acids is 1. The molecule has 0 spiro atoms. The van der Waals surface area contributed by atoms with Gasteiger partial charge in [-0.05, 0) is 60.4 Å². The Morgan fingerprint density at radius 2 is 1.62 bits per heavy atom. The summed E-state index contributed by atoms with van der Waals surface area (Å²) in [4.78, 5) is 23.7. The molecule has 3 aromatic rings. The van der Waals surface area contributed by atoms with Crippen molar-refractivity contribution in [3.05, 3.63) is 59.2 Å². The number of phenolic OH excluding ortho intramolecular Hbond substituents is 2. The van der Waals surface area contributed by atoms with Gasteiger partial charge in [0.2, 0.25) is 0 Å². The van der Waals surface area contributed by atoms with E-state index in [0.29, 0.717) is 54.6 Å². The van der Waals surface area contributed by atoms with E-state index >= 15 is 0 Å². The van der Waals surface area contributed by atoms with Crippen LogP contribution in [0.5, 0.6) is 23.0 Å². The van der Waals surface area contributed by atoms with Crippen molar-refractivity contribution in [2.24, 2.45) is 0 Å². The van der Waals surface area contributed by atoms with Gasteiger partial charge < -0.3 is 25.2 Å². The first-order chi connectivity index (χ1) is 15.3. The molecule has 3 rings (SSSR count). The van der Waals surface area contributed by atoms with Crippen molar-refractivity contribution in [3.63, 3.8) is 0 Å². The molecule has 0 atom stereocenters. The van der Waals surface area contributed by atoms with E-state index in [9.17, 15) is 24.9 Å². The number of phenols is 3. The maximum absolute atomic E-state index is 12.5. The minimum Gasteiger partial charge on any atom is -0.507 e. The Hall–Kier alpha value is -3.74. The van der Waals surface area contributed by atoms with Crippen LogP contribution in [0.15, 0.2) is 42.5 Å². The van der Waals surface area contributed by atoms with Crippen molar-refractivity contribution in [2.75, 3.05) is 6.61 Å². The van der Waals surface area contributed by atoms with Crippen LogP contribution in [-0.4, -0.2) is 38.8 Å². The van der Waals surface area contributed by atoms with E-state index in [-0.39, 0.29) is 28.6 Å². The van der Waals surface area contributed by atoms with E-state index in [1.54, 1.807) is 24.3 Å². The summed E-state index contributed by atoms with van der Waals surface area (Å²) >= 11 is 0. The number of Topliss-reactive ketones (excluding diaryl/α,β-unsaturated/α-hetero) is 1. The molecule has 32 heavy (non-hydrogen) atoms. The monoisotopic (exact) mass is 438 g/mol. The van der Waals surface area contributed by atoms with Gasteiger partial charge in [-0.2, -0.15) is 0 Å². The molecule has 0 aliphatic rings. The average molecular weight is 438 g/mol. The fourth-order valence-corrected chi connectivity index (χ4v) is 3.58. The van der Waals surface area contributed by atoms with Gasteiger partial charge in [-0.1, -0.05) is 25.5 Å². The molecule has 0 radical (unpaired) electrons. The fourth-order valence-electron chi connectivity index (χ4n) is 3.58. The number of hydrogen-bond acceptors (Lipinski definition) is 6. The first-order valence-corrected chi connectivity index (χ1v) is 10.5. The fraction of sp³-hybridized carbons (Fsp3) is 0.280. The van der Waals surface area contributed by atoms with Crippen LogP contribution in [0.25, 0.3) is 10.8 Å². The van der Waals surface area contributed by atoms with E-state index in [2.05, 4.69) is 0 Å². The number of carbonyl (C=O) groups is 2. The number of rotatable bonds is 10. The summed E-state index contributed by atoms with van der Waals surface area (Å²) in [6, 6.07) is 10.9. The molecule has 7 heteroatoms. The topological polar surface area (TPSA) is 124 Å². The molecule has 0 bridgehead atoms. The molecule has 0 saturated carbocycles. The minimum atomic E-state index is -1.19. The summed E-state index contributed by atoms with van der Waals surface area (Å²) in [7, 11) is 0. The van der Waals surface area contributed by atoms with Crippen molar-refractivity contribution >= 4 is 22.5 Å². The average Bonchev–Trinajstić information content (AvgIpc) is 2.75. The standard InChI is InChI=1S/C25H26O7/c1-2-5-18-23(10-9-19(24(18)29)25(30)31)32-11-4-3-6-20(26)16-8-7-15-13-21(27)22(28)14-17(15)12-16/h7-10,12-14,27-29H,2-6,11H2,1H3,(H,30,31). The zero-order chi connectivity index (χ0) is 23.3. The van der Waals surface area contributed by atoms with Crippen molar-refractivity contribution in [3.8, 4) is 23.0 Å². The van der Waals surface area contributed by atoms with E-state index in [4.69, 9.17) is 9.84 Å². The number of benzene rings is 3. The third-order valence-corrected chi connectivity index (χ3v) is 5.28. The normalized spacial score (nSPS) is 10.9. The van der Waals surface area contributed by atoms with Gasteiger partial charge in [0.25, 0.3) is 0 Å². The number of unbranched alkanes of at least 4 members (excludes halogenated alkanes) is 1. The van der Waals surface area contributed by atoms with E-state index < -0.39 is 5.97 Å². The van der Waals surface area contributed by atoms with Gasteiger partial charge in [0, 0.05) is 17.5 Å². The molecule has 0 saturated heterocycles. The molecule has 3 aromatic carbocycles. The number of carbonyl (C=O) groups excluding carboxylic acids is 1. The summed E-state index contributed by atoms with van der Waals surface area (Å²) in [6.07, 6.45) is 2.76. The SMILES string of the molecule is CCCc1c(OCCCCC(=O)c2ccc3cc(O)c(O)cc3c2)ccc(C(=O)O)c1O. The highest BCUT2D eigenvalue weighted by atomic mass is 16.5. The smallest absolute Gasteiger partial charge is 0.339 e. The number of hydrogen-bond donors (Lipinski definition) is 4. The van der Waals surface area contributed by atoms with E-state index in [1.807, 2.05) is 6.92 Å². The van der Waals surface area contributed by atoms with Gasteiger partial charge in [-0.15, -0.1) is 0 Å². The van der Waals surface area contributed by atoms with Gasteiger partial charge >= 0.3 is 5.97 Å². The predicted molar refractivity (Wildman–Crippen MR) is 120 cm³/mol. The van der Waals surface area contributed by atoms with Crippen LogP contribution in [-0.2, 0) is 6.42 Å². The Morgan fingerprint density at radius 1 is 0.906 bits per heavy atom. The Morgan fingerprint density at radius 3 is 2.31 bits per heavy atom. The molecular formula is C25H26O7. The number of fused-ring (bicyclic) bond motifs is 1. The minimum absolute atomic E-state index is 0.0328. The van der Waals surface area contributed by atoms with Crippen LogP contribution in [0.4, 0.5) is 0 Å². The Labute approximate surface area is 185 Å². The second kappa shape index (κ2) is 10.0. The predicted octanol–water partition coefficient (Wildman–Crippen LogP) is 5.04. The highest BCUT2D eigenvalue weighted by Crippen LogP contribution is 2.33. The molecule has 0 heterocycles. The van der Waals surface area contributed by atoms with E-state index in [1.165, 1.54) is 18.2 Å². The van der Waals surface area contributed by atoms with Gasteiger partial charge in [0.1, 0.15) is 17.1 Å². The maximum Gasteiger partial charge on any atom is 0.339 e. The molecule has 0 aromatic heterocycles. The molecule has 0 unspecified atom stereocenters. The largest absolute Gasteiger partial charge is 0.507 e. The van der Waals surface area contributed by atoms with Gasteiger partial charge in [0.15, 0.2) is 17.3 Å². The second-order valence-corrected chi connectivity index (χ2v) is 7.63. The van der Waals surface area contributed by atoms with Crippen molar-refractivity contribution in [1.82, 2.24) is 0 Å². The Balaban J connectivity index is 1.56. The molecule has 0 amide bonds. The lowest BCUT2D eigenvalue weighted by Gasteiger charge is -2.14. The first kappa shape index (κ1) is 22.9. The van der Waals surface area contributed by atoms with Gasteiger partial charge in [-0.25, -0.2) is 4.79 Å². The molecule has 4 N–H and O–H groups in total. The van der Waals surface area contributed by atoms with Crippen LogP contribution in [0, 0.1) is 0 Å². The summed E-state index contributed by atoms with van der Waals surface area (Å²) in [6.45, 7) is 2.26. The molecule has 168 valence electrons. The maximum atomic E-state index is 12.5. The zero-order valence-corrected chi connectivity index (χ0v) is 17.8. The number of carboxylic acids is 1. The lowest BCUT2D eigenvalue weighted by atomic mass is 10.0. The van der Waals surface area contributed by atoms with Crippen LogP contribution < -0.4 is 4.74 Å². The third-order valence-electron chi connectivity index (χ3n) is 5.28. The summed E-state index contributed by atoms with van der Waals surface area (Å²) in [5.74, 6) is -1.46. The Bertz CT molecular complexity index is 1150. The van der Waals surface area contributed by atoms with Crippen molar-refractivity contribution in [2.45, 2.75) is 39.0 Å². The number of aromatic hydroxyl groups is 3. The highest BCUT2D eigenvalue weighted by Gasteiger charge is 2.17. The summed E-state index contributed by atoms with van der Waals surface area (Å²) in [5.41, 5.74) is 0.863. The summed E-state index contributed by atoms with van der Waals surface area (Å²) < 4.78 is 5.76. The molecule has 0 aliphatic carbocycles. The second-order valence-electron chi connectivity index (χ2n) is 7.63. The Kier molecular flexibility index (Phi) is 7.20. The van der Waals surface area contributed by atoms with Crippen LogP contribution >= 0.6 is 0 Å². The lowest BCUT2D eigenvalue weighted by Crippen LogP contribution is -2.05. The quantitative estimate of drug-likeness (QED) is 0.199. The summed E-state index contributed by atoms with van der Waals surface area (Å²) in [5, 5.41) is 40.0. The van der Waals surface area contributed by atoms with E-state index in [0.717, 1.165) is 11.8 Å². The van der Waals surface area contributed by atoms with Crippen molar-refractivity contribution < 1.29 is 34.8 Å². The van der Waals surface area contributed by atoms with Crippen molar-refractivity contribution in [1.29, 1.82) is 0 Å². The zero-order valence-electron chi connectivity index (χ0n) is 17.8. The lowest BCUT2D eigenvalue weighted by molar-refractivity contribution is 0.0693.